The van der Waals surface area contributed by atoms with Crippen LogP contribution in [0.5, 0.6) is 0 Å². The molecule has 1 aliphatic heterocycles. The minimum Gasteiger partial charge on any atom is -0.372 e. The topological polar surface area (TPSA) is 60.4 Å². The van der Waals surface area contributed by atoms with Crippen LogP contribution in [0.15, 0.2) is 61.1 Å². The Labute approximate surface area is 198 Å². The molecular weight excluding hydrogens is 436 g/mol. The van der Waals surface area contributed by atoms with Crippen LogP contribution in [0.1, 0.15) is 18.9 Å². The zero-order valence-electron chi connectivity index (χ0n) is 19.9. The maximum Gasteiger partial charge on any atom is 0.270 e. The van der Waals surface area contributed by atoms with Crippen LogP contribution in [0.4, 0.5) is 32.1 Å². The SMILES string of the molecule is C=C(Nc1nccc(N(C)C)n1)N1CCCN(C)c2ccc(-c3cccc(C(C)(F)F)c3)nc21. The van der Waals surface area contributed by atoms with Crippen LogP contribution in [-0.2, 0) is 5.92 Å². The molecule has 1 aromatic carbocycles. The fourth-order valence-corrected chi connectivity index (χ4v) is 3.86. The van der Waals surface area contributed by atoms with E-state index in [4.69, 9.17) is 4.98 Å². The van der Waals surface area contributed by atoms with Gasteiger partial charge in [0.1, 0.15) is 11.6 Å². The van der Waals surface area contributed by atoms with Crippen LogP contribution in [0.3, 0.4) is 0 Å². The van der Waals surface area contributed by atoms with E-state index >= 15 is 0 Å². The van der Waals surface area contributed by atoms with Crippen LogP contribution in [0, 0.1) is 0 Å². The molecule has 2 aromatic heterocycles. The van der Waals surface area contributed by atoms with E-state index in [2.05, 4.69) is 26.8 Å². The molecule has 4 rings (SSSR count). The van der Waals surface area contributed by atoms with Crippen molar-refractivity contribution in [3.63, 3.8) is 0 Å². The van der Waals surface area contributed by atoms with Gasteiger partial charge in [-0.25, -0.2) is 18.7 Å². The molecule has 0 unspecified atom stereocenters. The molecule has 0 radical (unpaired) electrons. The number of halogens is 2. The summed E-state index contributed by atoms with van der Waals surface area (Å²) in [6, 6.07) is 12.0. The molecular formula is C25H29F2N7. The van der Waals surface area contributed by atoms with Crippen molar-refractivity contribution in [2.75, 3.05) is 54.2 Å². The molecule has 1 aliphatic rings. The van der Waals surface area contributed by atoms with Gasteiger partial charge in [0.15, 0.2) is 5.82 Å². The van der Waals surface area contributed by atoms with Gasteiger partial charge in [-0.1, -0.05) is 24.8 Å². The second kappa shape index (κ2) is 9.24. The third-order valence-corrected chi connectivity index (χ3v) is 5.74. The van der Waals surface area contributed by atoms with Crippen molar-refractivity contribution < 1.29 is 8.78 Å². The quantitative estimate of drug-likeness (QED) is 0.553. The zero-order chi connectivity index (χ0) is 24.5. The van der Waals surface area contributed by atoms with Crippen LogP contribution < -0.4 is 20.0 Å². The average molecular weight is 466 g/mol. The molecule has 0 bridgehead atoms. The summed E-state index contributed by atoms with van der Waals surface area (Å²) in [5, 5.41) is 3.20. The molecule has 0 atom stereocenters. The van der Waals surface area contributed by atoms with Crippen molar-refractivity contribution in [3.05, 3.63) is 66.6 Å². The Morgan fingerprint density at radius 1 is 1.12 bits per heavy atom. The highest BCUT2D eigenvalue weighted by molar-refractivity contribution is 5.75. The maximum absolute atomic E-state index is 13.9. The number of hydrogen-bond donors (Lipinski definition) is 1. The van der Waals surface area contributed by atoms with E-state index in [0.717, 1.165) is 31.4 Å². The summed E-state index contributed by atoms with van der Waals surface area (Å²) < 4.78 is 27.8. The zero-order valence-corrected chi connectivity index (χ0v) is 19.9. The largest absolute Gasteiger partial charge is 0.372 e. The molecule has 0 aliphatic carbocycles. The van der Waals surface area contributed by atoms with E-state index in [0.29, 0.717) is 35.4 Å². The predicted octanol–water partition coefficient (Wildman–Crippen LogP) is 4.95. The van der Waals surface area contributed by atoms with Gasteiger partial charge < -0.3 is 20.0 Å². The molecule has 0 spiro atoms. The van der Waals surface area contributed by atoms with Crippen molar-refractivity contribution in [2.24, 2.45) is 0 Å². The van der Waals surface area contributed by atoms with Gasteiger partial charge >= 0.3 is 0 Å². The summed E-state index contributed by atoms with van der Waals surface area (Å²) >= 11 is 0. The summed E-state index contributed by atoms with van der Waals surface area (Å²) in [6.07, 6.45) is 2.58. The monoisotopic (exact) mass is 465 g/mol. The van der Waals surface area contributed by atoms with Crippen LogP contribution in [0.2, 0.25) is 0 Å². The number of anilines is 4. The Morgan fingerprint density at radius 2 is 1.91 bits per heavy atom. The lowest BCUT2D eigenvalue weighted by Crippen LogP contribution is -2.28. The highest BCUT2D eigenvalue weighted by Crippen LogP contribution is 2.36. The van der Waals surface area contributed by atoms with E-state index < -0.39 is 5.92 Å². The van der Waals surface area contributed by atoms with Crippen molar-refractivity contribution in [1.82, 2.24) is 15.0 Å². The van der Waals surface area contributed by atoms with Gasteiger partial charge in [0, 0.05) is 58.5 Å². The Kier molecular flexibility index (Phi) is 6.37. The minimum absolute atomic E-state index is 0.0419. The van der Waals surface area contributed by atoms with E-state index in [9.17, 15) is 8.78 Å². The van der Waals surface area contributed by atoms with Gasteiger partial charge in [0.25, 0.3) is 5.92 Å². The fourth-order valence-electron chi connectivity index (χ4n) is 3.86. The maximum atomic E-state index is 13.9. The number of pyridine rings is 1. The van der Waals surface area contributed by atoms with Gasteiger partial charge in [-0.15, -0.1) is 0 Å². The van der Waals surface area contributed by atoms with E-state index in [1.165, 1.54) is 12.1 Å². The summed E-state index contributed by atoms with van der Waals surface area (Å²) in [4.78, 5) is 19.7. The number of benzene rings is 1. The second-order valence-corrected chi connectivity index (χ2v) is 8.64. The van der Waals surface area contributed by atoms with Crippen LogP contribution in [0.25, 0.3) is 11.3 Å². The molecule has 3 heterocycles. The Bertz CT molecular complexity index is 1190. The third kappa shape index (κ3) is 4.93. The molecule has 0 saturated heterocycles. The third-order valence-electron chi connectivity index (χ3n) is 5.74. The lowest BCUT2D eigenvalue weighted by atomic mass is 10.0. The first-order chi connectivity index (χ1) is 16.1. The molecule has 3 aromatic rings. The van der Waals surface area contributed by atoms with Crippen molar-refractivity contribution in [3.8, 4) is 11.3 Å². The highest BCUT2D eigenvalue weighted by Gasteiger charge is 2.26. The van der Waals surface area contributed by atoms with E-state index in [1.807, 2.05) is 49.1 Å². The Morgan fingerprint density at radius 3 is 2.65 bits per heavy atom. The predicted molar refractivity (Wildman–Crippen MR) is 134 cm³/mol. The molecule has 0 saturated carbocycles. The number of rotatable bonds is 6. The smallest absolute Gasteiger partial charge is 0.270 e. The van der Waals surface area contributed by atoms with Gasteiger partial charge in [0.2, 0.25) is 5.95 Å². The second-order valence-electron chi connectivity index (χ2n) is 8.64. The lowest BCUT2D eigenvalue weighted by Gasteiger charge is -2.27. The summed E-state index contributed by atoms with van der Waals surface area (Å²) in [5.41, 5.74) is 2.14. The number of alkyl halides is 2. The lowest BCUT2D eigenvalue weighted by molar-refractivity contribution is 0.0175. The Hall–Kier alpha value is -3.75. The van der Waals surface area contributed by atoms with Gasteiger partial charge in [0.05, 0.1) is 11.4 Å². The van der Waals surface area contributed by atoms with Gasteiger partial charge in [-0.05, 0) is 30.7 Å². The summed E-state index contributed by atoms with van der Waals surface area (Å²) in [7, 11) is 5.84. The normalized spacial score (nSPS) is 13.8. The Balaban J connectivity index is 1.70. The first kappa shape index (κ1) is 23.4. The minimum atomic E-state index is -2.92. The number of nitrogens with one attached hydrogen (secondary N) is 1. The van der Waals surface area contributed by atoms with Gasteiger partial charge in [-0.2, -0.15) is 4.98 Å². The van der Waals surface area contributed by atoms with Gasteiger partial charge in [-0.3, -0.25) is 0 Å². The van der Waals surface area contributed by atoms with Crippen molar-refractivity contribution in [2.45, 2.75) is 19.3 Å². The average Bonchev–Trinajstić information content (AvgIpc) is 2.97. The first-order valence-electron chi connectivity index (χ1n) is 11.1. The number of hydrogen-bond acceptors (Lipinski definition) is 7. The summed E-state index contributed by atoms with van der Waals surface area (Å²) in [5.74, 6) is -0.426. The number of nitrogens with zero attached hydrogens (tertiary/aromatic N) is 6. The molecule has 0 fully saturated rings. The molecule has 34 heavy (non-hydrogen) atoms. The molecule has 9 heteroatoms. The summed E-state index contributed by atoms with van der Waals surface area (Å²) in [6.45, 7) is 6.65. The van der Waals surface area contributed by atoms with E-state index in [1.54, 1.807) is 18.3 Å². The van der Waals surface area contributed by atoms with Crippen molar-refractivity contribution >= 4 is 23.3 Å². The fraction of sp³-hybridized carbons (Fsp3) is 0.320. The standard InChI is InChI=1S/C25H29F2N7/c1-17(29-24-28-13-12-22(31-24)32(3)4)34-15-7-14-33(5)21-11-10-20(30-23(21)34)18-8-6-9-19(16-18)25(2,26)27/h6,8-13,16H,1,7,14-15H2,2-5H3,(H,28,29,31). The van der Waals surface area contributed by atoms with E-state index in [-0.39, 0.29) is 5.56 Å². The van der Waals surface area contributed by atoms with Crippen molar-refractivity contribution in [1.29, 1.82) is 0 Å². The number of aromatic nitrogens is 3. The molecule has 7 nitrogen and oxygen atoms in total. The van der Waals surface area contributed by atoms with Crippen LogP contribution >= 0.6 is 0 Å². The first-order valence-corrected chi connectivity index (χ1v) is 11.1. The molecule has 1 N–H and O–H groups in total. The highest BCUT2D eigenvalue weighted by atomic mass is 19.3. The van der Waals surface area contributed by atoms with Crippen LogP contribution in [-0.4, -0.2) is 49.2 Å². The number of fused-ring (bicyclic) bond motifs is 1. The molecule has 178 valence electrons. The molecule has 0 amide bonds.